The van der Waals surface area contributed by atoms with Crippen molar-refractivity contribution in [1.29, 1.82) is 0 Å². The van der Waals surface area contributed by atoms with E-state index in [1.807, 2.05) is 20.8 Å². The highest BCUT2D eigenvalue weighted by Crippen LogP contribution is 2.34. The van der Waals surface area contributed by atoms with Crippen LogP contribution < -0.4 is 0 Å². The van der Waals surface area contributed by atoms with E-state index in [0.29, 0.717) is 25.0 Å². The molecule has 1 aliphatic carbocycles. The Bertz CT molecular complexity index is 363. The summed E-state index contributed by atoms with van der Waals surface area (Å²) in [5, 5.41) is 3.91. The Hall–Kier alpha value is -1.45. The van der Waals surface area contributed by atoms with Crippen molar-refractivity contribution in [3.05, 3.63) is 12.7 Å². The number of Topliss-reactive ketones (excluding diaryl/α,β-unsaturated/α-hetero) is 2. The van der Waals surface area contributed by atoms with Crippen LogP contribution in [0.1, 0.15) is 40.0 Å². The van der Waals surface area contributed by atoms with Crippen LogP contribution >= 0.6 is 0 Å². The molecule has 0 radical (unpaired) electrons. The van der Waals surface area contributed by atoms with Crippen molar-refractivity contribution in [3.8, 4) is 0 Å². The van der Waals surface area contributed by atoms with Gasteiger partial charge in [-0.3, -0.25) is 9.59 Å². The lowest BCUT2D eigenvalue weighted by Crippen LogP contribution is -2.41. The van der Waals surface area contributed by atoms with Crippen LogP contribution in [0, 0.1) is 11.3 Å². The molecule has 0 heterocycles. The van der Waals surface area contributed by atoms with Crippen molar-refractivity contribution in [2.75, 3.05) is 6.61 Å². The Labute approximate surface area is 108 Å². The van der Waals surface area contributed by atoms with Crippen LogP contribution in [0.5, 0.6) is 0 Å². The number of ketones is 2. The van der Waals surface area contributed by atoms with Gasteiger partial charge in [0.2, 0.25) is 0 Å². The zero-order chi connectivity index (χ0) is 13.8. The Morgan fingerprint density at radius 2 is 2.00 bits per heavy atom. The first-order chi connectivity index (χ1) is 8.41. The molecule has 0 aromatic rings. The summed E-state index contributed by atoms with van der Waals surface area (Å²) < 4.78 is 0. The van der Waals surface area contributed by atoms with E-state index in [4.69, 9.17) is 4.84 Å². The fourth-order valence-corrected chi connectivity index (χ4v) is 2.26. The molecule has 0 unspecified atom stereocenters. The maximum absolute atomic E-state index is 12.1. The predicted molar refractivity (Wildman–Crippen MR) is 70.4 cm³/mol. The van der Waals surface area contributed by atoms with Crippen LogP contribution in [0.3, 0.4) is 0 Å². The summed E-state index contributed by atoms with van der Waals surface area (Å²) in [7, 11) is 0. The van der Waals surface area contributed by atoms with E-state index < -0.39 is 5.92 Å². The second kappa shape index (κ2) is 5.94. The molecule has 0 aromatic carbocycles. The molecule has 0 amide bonds. The van der Waals surface area contributed by atoms with Crippen LogP contribution in [-0.2, 0) is 14.4 Å². The molecule has 4 heteroatoms. The molecule has 0 N–H and O–H groups in total. The van der Waals surface area contributed by atoms with Gasteiger partial charge in [-0.05, 0) is 11.8 Å². The van der Waals surface area contributed by atoms with Gasteiger partial charge in [0.25, 0.3) is 0 Å². The molecule has 0 saturated heterocycles. The van der Waals surface area contributed by atoms with Gasteiger partial charge in [0.1, 0.15) is 24.1 Å². The van der Waals surface area contributed by atoms with Crippen LogP contribution in [0.4, 0.5) is 0 Å². The molecule has 1 fully saturated rings. The molecule has 0 spiro atoms. The first-order valence-electron chi connectivity index (χ1n) is 6.26. The van der Waals surface area contributed by atoms with Crippen LogP contribution in [0.2, 0.25) is 0 Å². The summed E-state index contributed by atoms with van der Waals surface area (Å²) >= 11 is 0. The summed E-state index contributed by atoms with van der Waals surface area (Å²) in [5.41, 5.74) is 0.299. The molecule has 0 bridgehead atoms. The number of oxime groups is 1. The molecular formula is C14H21NO3. The molecule has 0 atom stereocenters. The number of carbonyl (C=O) groups excluding carboxylic acids is 2. The Kier molecular flexibility index (Phi) is 4.82. The second-order valence-corrected chi connectivity index (χ2v) is 5.40. The fraction of sp³-hybridized carbons (Fsp3) is 0.643. The Balaban J connectivity index is 2.86. The van der Waals surface area contributed by atoms with Gasteiger partial charge in [-0.25, -0.2) is 0 Å². The summed E-state index contributed by atoms with van der Waals surface area (Å²) in [6.07, 6.45) is 2.96. The van der Waals surface area contributed by atoms with Crippen LogP contribution in [-0.4, -0.2) is 23.9 Å². The minimum absolute atomic E-state index is 0.0425. The third kappa shape index (κ3) is 3.52. The first-order valence-corrected chi connectivity index (χ1v) is 6.26. The number of nitrogens with zero attached hydrogens (tertiary/aromatic N) is 1. The standard InChI is InChI=1S/C14H21NO3/c1-5-7-18-15-10(6-2)13-11(16)8-14(3,4)9-12(13)17/h5,13H,1,6-9H2,2-4H3/b15-10-. The molecule has 0 aromatic heterocycles. The largest absolute Gasteiger partial charge is 0.392 e. The van der Waals surface area contributed by atoms with E-state index in [2.05, 4.69) is 11.7 Å². The van der Waals surface area contributed by atoms with Gasteiger partial charge in [-0.2, -0.15) is 0 Å². The van der Waals surface area contributed by atoms with Gasteiger partial charge in [-0.15, -0.1) is 0 Å². The second-order valence-electron chi connectivity index (χ2n) is 5.40. The molecule has 100 valence electrons. The van der Waals surface area contributed by atoms with E-state index >= 15 is 0 Å². The minimum atomic E-state index is -0.701. The smallest absolute Gasteiger partial charge is 0.149 e. The van der Waals surface area contributed by atoms with E-state index in [9.17, 15) is 9.59 Å². The lowest BCUT2D eigenvalue weighted by atomic mass is 9.70. The first kappa shape index (κ1) is 14.6. The third-order valence-corrected chi connectivity index (χ3v) is 3.02. The van der Waals surface area contributed by atoms with Gasteiger partial charge in [-0.1, -0.05) is 38.6 Å². The third-order valence-electron chi connectivity index (χ3n) is 3.02. The highest BCUT2D eigenvalue weighted by molar-refractivity contribution is 6.22. The summed E-state index contributed by atoms with van der Waals surface area (Å²) in [6, 6.07) is 0. The van der Waals surface area contributed by atoms with Gasteiger partial charge >= 0.3 is 0 Å². The number of hydrogen-bond acceptors (Lipinski definition) is 4. The molecule has 0 aliphatic heterocycles. The van der Waals surface area contributed by atoms with Gasteiger partial charge in [0, 0.05) is 12.8 Å². The number of hydrogen-bond donors (Lipinski definition) is 0. The average Bonchev–Trinajstić information content (AvgIpc) is 2.24. The SMILES string of the molecule is C=CCO/N=C(/CC)C1C(=O)CC(C)(C)CC1=O. The van der Waals surface area contributed by atoms with Crippen molar-refractivity contribution in [1.82, 2.24) is 0 Å². The zero-order valence-corrected chi connectivity index (χ0v) is 11.4. The average molecular weight is 251 g/mol. The maximum atomic E-state index is 12.1. The normalized spacial score (nSPS) is 20.9. The summed E-state index contributed by atoms with van der Waals surface area (Å²) in [4.78, 5) is 29.2. The van der Waals surface area contributed by atoms with E-state index in [0.717, 1.165) is 0 Å². The zero-order valence-electron chi connectivity index (χ0n) is 11.4. The van der Waals surface area contributed by atoms with Crippen LogP contribution in [0.25, 0.3) is 0 Å². The Morgan fingerprint density at radius 3 is 2.44 bits per heavy atom. The molecule has 18 heavy (non-hydrogen) atoms. The van der Waals surface area contributed by atoms with Crippen LogP contribution in [0.15, 0.2) is 17.8 Å². The molecular weight excluding hydrogens is 230 g/mol. The minimum Gasteiger partial charge on any atom is -0.392 e. The highest BCUT2D eigenvalue weighted by atomic mass is 16.6. The molecule has 1 rings (SSSR count). The predicted octanol–water partition coefficient (Wildman–Crippen LogP) is 2.53. The fourth-order valence-electron chi connectivity index (χ4n) is 2.26. The van der Waals surface area contributed by atoms with Crippen molar-refractivity contribution in [2.24, 2.45) is 16.5 Å². The van der Waals surface area contributed by atoms with Gasteiger partial charge in [0.05, 0.1) is 5.71 Å². The van der Waals surface area contributed by atoms with Crippen molar-refractivity contribution < 1.29 is 14.4 Å². The number of rotatable bonds is 5. The number of carbonyl (C=O) groups is 2. The quantitative estimate of drug-likeness (QED) is 0.248. The highest BCUT2D eigenvalue weighted by Gasteiger charge is 2.41. The van der Waals surface area contributed by atoms with Crippen molar-refractivity contribution in [3.63, 3.8) is 0 Å². The van der Waals surface area contributed by atoms with E-state index in [-0.39, 0.29) is 23.6 Å². The topological polar surface area (TPSA) is 55.7 Å². The lowest BCUT2D eigenvalue weighted by molar-refractivity contribution is -0.136. The summed E-state index contributed by atoms with van der Waals surface area (Å²) in [5.74, 6) is -0.786. The molecule has 4 nitrogen and oxygen atoms in total. The van der Waals surface area contributed by atoms with Crippen molar-refractivity contribution >= 4 is 17.3 Å². The van der Waals surface area contributed by atoms with Crippen molar-refractivity contribution in [2.45, 2.75) is 40.0 Å². The summed E-state index contributed by atoms with van der Waals surface area (Å²) in [6.45, 7) is 9.55. The molecule has 1 saturated carbocycles. The molecule has 1 aliphatic rings. The van der Waals surface area contributed by atoms with Gasteiger partial charge < -0.3 is 4.84 Å². The van der Waals surface area contributed by atoms with Gasteiger partial charge in [0.15, 0.2) is 0 Å². The van der Waals surface area contributed by atoms with E-state index in [1.165, 1.54) is 0 Å². The Morgan fingerprint density at radius 1 is 1.44 bits per heavy atom. The van der Waals surface area contributed by atoms with E-state index in [1.54, 1.807) is 6.08 Å². The lowest BCUT2D eigenvalue weighted by Gasteiger charge is -2.32. The maximum Gasteiger partial charge on any atom is 0.149 e. The monoisotopic (exact) mass is 251 g/mol.